The maximum atomic E-state index is 14.0. The number of carboxylic acids is 2. The number of carbonyl (C=O) groups excluding carboxylic acids is 4. The monoisotopic (exact) mass is 713 g/mol. The van der Waals surface area contributed by atoms with E-state index in [9.17, 15) is 48.9 Å². The topological polar surface area (TPSA) is 269 Å². The van der Waals surface area contributed by atoms with Crippen LogP contribution in [0.3, 0.4) is 0 Å². The minimum Gasteiger partial charge on any atom is -0.504 e. The number of ether oxygens (including phenoxy) is 3. The zero-order chi connectivity index (χ0) is 36.5. The van der Waals surface area contributed by atoms with E-state index < -0.39 is 99.8 Å². The number of phenols is 2. The van der Waals surface area contributed by atoms with E-state index in [0.29, 0.717) is 6.26 Å². The van der Waals surface area contributed by atoms with Gasteiger partial charge in [-0.15, -0.1) is 11.8 Å². The maximum absolute atomic E-state index is 14.0. The Morgan fingerprint density at radius 3 is 2.40 bits per heavy atom. The van der Waals surface area contributed by atoms with Gasteiger partial charge in [0.15, 0.2) is 17.9 Å². The summed E-state index contributed by atoms with van der Waals surface area (Å²) in [7, 11) is 1.10. The Morgan fingerprint density at radius 2 is 1.78 bits per heavy atom. The van der Waals surface area contributed by atoms with Crippen molar-refractivity contribution in [2.75, 3.05) is 26.1 Å². The molecule has 0 aliphatic carbocycles. The van der Waals surface area contributed by atoms with Crippen molar-refractivity contribution in [1.82, 2.24) is 15.5 Å². The van der Waals surface area contributed by atoms with Crippen LogP contribution in [0.5, 0.6) is 17.2 Å². The van der Waals surface area contributed by atoms with Crippen LogP contribution >= 0.6 is 11.8 Å². The van der Waals surface area contributed by atoms with Crippen LogP contribution < -0.4 is 20.8 Å². The molecule has 18 nitrogen and oxygen atoms in total. The summed E-state index contributed by atoms with van der Waals surface area (Å²) in [5.41, 5.74) is -4.32. The third-order valence-electron chi connectivity index (χ3n) is 7.65. The number of aromatic hydroxyl groups is 2. The molecule has 50 heavy (non-hydrogen) atoms. The van der Waals surface area contributed by atoms with Crippen LogP contribution in [0.25, 0.3) is 11.0 Å². The first-order valence-corrected chi connectivity index (χ1v) is 15.4. The molecule has 2 aromatic carbocycles. The number of thioether (sulfide) groups is 1. The number of carbonyl (C=O) groups is 6. The normalized spacial score (nSPS) is 18.8. The molecular formula is C31H27N3O15S. The average molecular weight is 714 g/mol. The van der Waals surface area contributed by atoms with E-state index >= 15 is 0 Å². The van der Waals surface area contributed by atoms with Crippen LogP contribution in [0.1, 0.15) is 28.9 Å². The zero-order valence-corrected chi connectivity index (χ0v) is 26.8. The Balaban J connectivity index is 1.47. The highest BCUT2D eigenvalue weighted by Gasteiger charge is 2.67. The highest BCUT2D eigenvalue weighted by atomic mass is 32.2. The molecule has 0 radical (unpaired) electrons. The van der Waals surface area contributed by atoms with Crippen molar-refractivity contribution in [3.63, 3.8) is 0 Å². The molecule has 1 unspecified atom stereocenters. The third kappa shape index (κ3) is 6.38. The molecule has 2 aliphatic heterocycles. The van der Waals surface area contributed by atoms with Gasteiger partial charge >= 0.3 is 17.9 Å². The molecule has 6 N–H and O–H groups in total. The molecule has 0 saturated carbocycles. The molecule has 1 aromatic heterocycles. The first kappa shape index (κ1) is 35.2. The van der Waals surface area contributed by atoms with Crippen LogP contribution in [0, 0.1) is 0 Å². The Kier molecular flexibility index (Phi) is 9.73. The highest BCUT2D eigenvalue weighted by Crippen LogP contribution is 2.47. The Bertz CT molecular complexity index is 2030. The van der Waals surface area contributed by atoms with Gasteiger partial charge in [-0.3, -0.25) is 28.9 Å². The number of benzene rings is 2. The summed E-state index contributed by atoms with van der Waals surface area (Å²) < 4.78 is 20.8. The summed E-state index contributed by atoms with van der Waals surface area (Å²) >= 11 is 1.01. The molecule has 19 heteroatoms. The minimum absolute atomic E-state index is 0.0205. The smallest absolute Gasteiger partial charge is 0.352 e. The molecule has 1 saturated heterocycles. The fourth-order valence-corrected chi connectivity index (χ4v) is 6.66. The first-order chi connectivity index (χ1) is 23.7. The molecule has 3 heterocycles. The number of rotatable bonds is 12. The summed E-state index contributed by atoms with van der Waals surface area (Å²) in [5, 5.41) is 42.1. The molecule has 0 spiro atoms. The van der Waals surface area contributed by atoms with Crippen molar-refractivity contribution in [2.45, 2.75) is 24.1 Å². The van der Waals surface area contributed by atoms with Gasteiger partial charge in [0.1, 0.15) is 41.3 Å². The van der Waals surface area contributed by atoms with E-state index in [1.165, 1.54) is 24.3 Å². The zero-order valence-electron chi connectivity index (χ0n) is 26.0. The number of phenolic OH excluding ortho intramolecular Hbond substituents is 2. The predicted octanol–water partition coefficient (Wildman–Crippen LogP) is 0.415. The predicted molar refractivity (Wildman–Crippen MR) is 168 cm³/mol. The van der Waals surface area contributed by atoms with Gasteiger partial charge in [0.25, 0.3) is 17.5 Å². The number of fused-ring (bicyclic) bond motifs is 2. The van der Waals surface area contributed by atoms with Gasteiger partial charge in [0.2, 0.25) is 17.1 Å². The van der Waals surface area contributed by atoms with Gasteiger partial charge in [-0.2, -0.15) is 0 Å². The van der Waals surface area contributed by atoms with E-state index in [1.807, 2.05) is 0 Å². The maximum Gasteiger partial charge on any atom is 0.352 e. The molecule has 3 amide bonds. The molecule has 0 bridgehead atoms. The summed E-state index contributed by atoms with van der Waals surface area (Å²) in [5.74, 6) is -7.82. The summed E-state index contributed by atoms with van der Waals surface area (Å²) in [6.45, 7) is 0.0696. The van der Waals surface area contributed by atoms with Gasteiger partial charge in [0, 0.05) is 25.4 Å². The number of esters is 1. The Morgan fingerprint density at radius 1 is 1.08 bits per heavy atom. The summed E-state index contributed by atoms with van der Waals surface area (Å²) in [6, 6.07) is 5.68. The number of hydrogen-bond acceptors (Lipinski definition) is 14. The fraction of sp³-hybridized carbons (Fsp3) is 0.258. The molecule has 262 valence electrons. The van der Waals surface area contributed by atoms with Crippen molar-refractivity contribution in [3.8, 4) is 17.2 Å². The molecule has 5 rings (SSSR count). The van der Waals surface area contributed by atoms with Gasteiger partial charge in [-0.1, -0.05) is 12.1 Å². The van der Waals surface area contributed by atoms with E-state index in [1.54, 1.807) is 0 Å². The van der Waals surface area contributed by atoms with E-state index in [-0.39, 0.29) is 28.0 Å². The Hall–Kier alpha value is -6.08. The van der Waals surface area contributed by atoms with Crippen LogP contribution in [0.15, 0.2) is 63.1 Å². The van der Waals surface area contributed by atoms with Crippen LogP contribution in [0.4, 0.5) is 0 Å². The van der Waals surface area contributed by atoms with Gasteiger partial charge < -0.3 is 49.7 Å². The molecular weight excluding hydrogens is 686 g/mol. The quantitative estimate of drug-likeness (QED) is 0.0642. The average Bonchev–Trinajstić information content (AvgIpc) is 3.08. The lowest BCUT2D eigenvalue weighted by atomic mass is 9.96. The van der Waals surface area contributed by atoms with Crippen LogP contribution in [0.2, 0.25) is 0 Å². The number of hydrogen-bond donors (Lipinski definition) is 6. The van der Waals surface area contributed by atoms with Crippen LogP contribution in [-0.4, -0.2) is 98.1 Å². The largest absolute Gasteiger partial charge is 0.504 e. The van der Waals surface area contributed by atoms with Crippen LogP contribution in [-0.2, 0) is 33.4 Å². The van der Waals surface area contributed by atoms with E-state index in [0.717, 1.165) is 42.8 Å². The SMILES string of the molecule is CO[C@@]1(NC(=O)C(NC(=O)c2coc3c(O)c(O)ccc3c2=O)c2ccc(OCC(=O)O)cc2)C(=O)N2C(C(=O)O)=C(COC(C)=O)CS[C@H]21. The first-order valence-electron chi connectivity index (χ1n) is 14.3. The molecule has 3 aromatic rings. The number of nitrogens with one attached hydrogen (secondary N) is 2. The summed E-state index contributed by atoms with van der Waals surface area (Å²) in [4.78, 5) is 89.6. The van der Waals surface area contributed by atoms with Crippen molar-refractivity contribution < 1.29 is 67.8 Å². The molecule has 2 aliphatic rings. The number of aliphatic carboxylic acids is 2. The summed E-state index contributed by atoms with van der Waals surface area (Å²) in [6.07, 6.45) is 0.715. The second kappa shape index (κ2) is 13.8. The van der Waals surface area contributed by atoms with Crippen molar-refractivity contribution in [1.29, 1.82) is 0 Å². The highest BCUT2D eigenvalue weighted by molar-refractivity contribution is 8.00. The van der Waals surface area contributed by atoms with Crippen molar-refractivity contribution in [3.05, 3.63) is 75.3 Å². The fourth-order valence-electron chi connectivity index (χ4n) is 5.24. The van der Waals surface area contributed by atoms with Gasteiger partial charge in [-0.25, -0.2) is 9.59 Å². The molecule has 3 atom stereocenters. The molecule has 1 fully saturated rings. The second-order valence-electron chi connectivity index (χ2n) is 10.8. The van der Waals surface area contributed by atoms with E-state index in [2.05, 4.69) is 10.6 Å². The minimum atomic E-state index is -2.13. The lowest BCUT2D eigenvalue weighted by Gasteiger charge is -2.56. The van der Waals surface area contributed by atoms with Gasteiger partial charge in [-0.05, 0) is 29.8 Å². The number of methoxy groups -OCH3 is 1. The lowest BCUT2D eigenvalue weighted by molar-refractivity contribution is -0.193. The van der Waals surface area contributed by atoms with Gasteiger partial charge in [0.05, 0.1) is 5.39 Å². The van der Waals surface area contributed by atoms with E-state index in [4.69, 9.17) is 23.7 Å². The standard InChI is InChI=1S/C31H27N3O15S/c1-13(35)47-9-15-12-50-30-31(46-2,29(45)34(30)22(15)28(43)44)33-27(42)21(14-3-5-16(6-4-14)48-11-20(37)38)32-26(41)18-10-49-25-17(23(18)39)7-8-19(36)24(25)40/h3-8,10,21,30,36,40H,9,11-12H2,1-2H3,(H,32,41)(H,33,42)(H,37,38)(H,43,44)/t21?,30-,31-/m0/s1. The Labute approximate surface area is 284 Å². The number of β-lactam (4-membered cyclic amide) rings is 1. The number of amides is 3. The second-order valence-corrected chi connectivity index (χ2v) is 11.8. The number of nitrogens with zero attached hydrogens (tertiary/aromatic N) is 1. The number of carboxylic acid groups (broad SMARTS) is 2. The van der Waals surface area contributed by atoms with Crippen molar-refractivity contribution in [2.24, 2.45) is 0 Å². The lowest BCUT2D eigenvalue weighted by Crippen LogP contribution is -2.81. The third-order valence-corrected chi connectivity index (χ3v) is 9.02. The van der Waals surface area contributed by atoms with Crippen molar-refractivity contribution >= 4 is 58.4 Å².